The first kappa shape index (κ1) is 75.1. The molecule has 0 aliphatic carbocycles. The summed E-state index contributed by atoms with van der Waals surface area (Å²) < 4.78 is 5.49. The van der Waals surface area contributed by atoms with Crippen LogP contribution in [0.1, 0.15) is 380 Å². The zero-order valence-corrected chi connectivity index (χ0v) is 52.0. The van der Waals surface area contributed by atoms with Gasteiger partial charge in [-0.3, -0.25) is 9.59 Å². The van der Waals surface area contributed by atoms with Crippen LogP contribution in [0.15, 0.2) is 36.5 Å². The maximum absolute atomic E-state index is 12.5. The molecule has 0 aliphatic rings. The molecule has 0 aromatic rings. The largest absolute Gasteiger partial charge is 0.466 e. The molecule has 0 aromatic carbocycles. The van der Waals surface area contributed by atoms with Crippen LogP contribution in [0.4, 0.5) is 0 Å². The van der Waals surface area contributed by atoms with E-state index in [0.29, 0.717) is 25.9 Å². The lowest BCUT2D eigenvalue weighted by Gasteiger charge is -2.22. The number of ether oxygens (including phenoxy) is 1. The van der Waals surface area contributed by atoms with Crippen LogP contribution >= 0.6 is 0 Å². The third-order valence-electron chi connectivity index (χ3n) is 16.2. The molecule has 2 atom stereocenters. The quantitative estimate of drug-likeness (QED) is 0.0320. The van der Waals surface area contributed by atoms with Crippen LogP contribution in [0, 0.1) is 0 Å². The van der Waals surface area contributed by atoms with Crippen LogP contribution in [0.25, 0.3) is 0 Å². The summed E-state index contributed by atoms with van der Waals surface area (Å²) in [6.07, 6.45) is 84.9. The van der Waals surface area contributed by atoms with E-state index in [1.807, 2.05) is 0 Å². The van der Waals surface area contributed by atoms with E-state index < -0.39 is 12.1 Å². The van der Waals surface area contributed by atoms with Crippen molar-refractivity contribution >= 4 is 11.9 Å². The lowest BCUT2D eigenvalue weighted by atomic mass is 10.0. The summed E-state index contributed by atoms with van der Waals surface area (Å²) in [6, 6.07) is -0.538. The van der Waals surface area contributed by atoms with E-state index in [-0.39, 0.29) is 18.5 Å². The molecule has 0 bridgehead atoms. The normalized spacial score (nSPS) is 12.7. The standard InChI is InChI=1S/C71H135NO5/c1-3-5-7-9-11-13-15-17-37-41-45-49-53-57-61-65-71(76)77-66-62-58-54-50-46-42-39-36-34-32-30-28-26-24-22-20-18-19-21-23-25-27-29-31-33-35-38-40-44-48-52-56-60-64-70(75)72-68(67-73)69(74)63-59-55-51-47-43-16-14-12-10-8-6-4-2/h11,13,17,22,24,37,68-69,73-74H,3-10,12,14-16,18-21,23,25-36,38-67H2,1-2H3,(H,72,75)/b13-11-,24-22-,37-17-. The zero-order valence-electron chi connectivity index (χ0n) is 52.0. The Bertz CT molecular complexity index is 1250. The Morgan fingerprint density at radius 2 is 0.649 bits per heavy atom. The molecule has 0 rings (SSSR count). The van der Waals surface area contributed by atoms with E-state index in [9.17, 15) is 19.8 Å². The summed E-state index contributed by atoms with van der Waals surface area (Å²) in [4.78, 5) is 24.5. The van der Waals surface area contributed by atoms with Crippen LogP contribution in [-0.4, -0.2) is 47.4 Å². The van der Waals surface area contributed by atoms with E-state index >= 15 is 0 Å². The molecule has 0 spiro atoms. The molecule has 0 heterocycles. The molecule has 0 radical (unpaired) electrons. The molecule has 3 N–H and O–H groups in total. The average Bonchev–Trinajstić information content (AvgIpc) is 3.43. The lowest BCUT2D eigenvalue weighted by molar-refractivity contribution is -0.143. The van der Waals surface area contributed by atoms with Gasteiger partial charge in [0.1, 0.15) is 0 Å². The van der Waals surface area contributed by atoms with Gasteiger partial charge in [-0.05, 0) is 83.5 Å². The molecule has 0 saturated carbocycles. The summed E-state index contributed by atoms with van der Waals surface area (Å²) in [7, 11) is 0. The van der Waals surface area contributed by atoms with E-state index in [0.717, 1.165) is 51.4 Å². The second kappa shape index (κ2) is 66.6. The molecule has 0 aliphatic heterocycles. The smallest absolute Gasteiger partial charge is 0.305 e. The maximum atomic E-state index is 12.5. The number of nitrogens with one attached hydrogen (secondary N) is 1. The second-order valence-electron chi connectivity index (χ2n) is 23.9. The molecule has 1 amide bonds. The Balaban J connectivity index is 3.34. The molecule has 6 nitrogen and oxygen atoms in total. The first-order valence-corrected chi connectivity index (χ1v) is 34.7. The van der Waals surface area contributed by atoms with Gasteiger partial charge in [-0.1, -0.05) is 320 Å². The number of aliphatic hydroxyl groups excluding tert-OH is 2. The summed E-state index contributed by atoms with van der Waals surface area (Å²) in [5, 5.41) is 23.3. The van der Waals surface area contributed by atoms with Crippen molar-refractivity contribution in [2.45, 2.75) is 392 Å². The van der Waals surface area contributed by atoms with Crippen LogP contribution in [-0.2, 0) is 14.3 Å². The summed E-state index contributed by atoms with van der Waals surface area (Å²) in [5.41, 5.74) is 0. The number of carbonyl (C=O) groups is 2. The number of unbranched alkanes of at least 4 members (excludes halogenated alkanes) is 48. The van der Waals surface area contributed by atoms with Crippen molar-refractivity contribution in [3.63, 3.8) is 0 Å². The van der Waals surface area contributed by atoms with Gasteiger partial charge in [-0.25, -0.2) is 0 Å². The number of aliphatic hydroxyl groups is 2. The molecule has 0 fully saturated rings. The molecule has 0 aromatic heterocycles. The van der Waals surface area contributed by atoms with E-state index in [1.54, 1.807) is 0 Å². The lowest BCUT2D eigenvalue weighted by Crippen LogP contribution is -2.45. The van der Waals surface area contributed by atoms with Gasteiger partial charge >= 0.3 is 5.97 Å². The van der Waals surface area contributed by atoms with Gasteiger partial charge in [-0.15, -0.1) is 0 Å². The molecular formula is C71H135NO5. The number of rotatable bonds is 65. The Kier molecular flexibility index (Phi) is 64.9. The van der Waals surface area contributed by atoms with Crippen molar-refractivity contribution in [3.8, 4) is 0 Å². The Morgan fingerprint density at radius 1 is 0.364 bits per heavy atom. The fourth-order valence-corrected chi connectivity index (χ4v) is 10.8. The zero-order chi connectivity index (χ0) is 55.7. The number of hydrogen-bond acceptors (Lipinski definition) is 5. The molecule has 2 unspecified atom stereocenters. The summed E-state index contributed by atoms with van der Waals surface area (Å²) in [5.74, 6) is -0.0260. The van der Waals surface area contributed by atoms with E-state index in [2.05, 4.69) is 55.6 Å². The molecule has 77 heavy (non-hydrogen) atoms. The van der Waals surface area contributed by atoms with Gasteiger partial charge < -0.3 is 20.3 Å². The maximum Gasteiger partial charge on any atom is 0.305 e. The molecule has 6 heteroatoms. The van der Waals surface area contributed by atoms with Crippen molar-refractivity contribution in [2.75, 3.05) is 13.2 Å². The topological polar surface area (TPSA) is 95.9 Å². The second-order valence-corrected chi connectivity index (χ2v) is 23.9. The fraction of sp³-hybridized carbons (Fsp3) is 0.887. The highest BCUT2D eigenvalue weighted by molar-refractivity contribution is 5.76. The first-order valence-electron chi connectivity index (χ1n) is 34.7. The third-order valence-corrected chi connectivity index (χ3v) is 16.2. The van der Waals surface area contributed by atoms with E-state index in [4.69, 9.17) is 4.74 Å². The number of allylic oxidation sites excluding steroid dienone is 6. The summed E-state index contributed by atoms with van der Waals surface area (Å²) in [6.45, 7) is 4.94. The van der Waals surface area contributed by atoms with Crippen LogP contribution in [0.5, 0.6) is 0 Å². The average molecular weight is 1080 g/mol. The van der Waals surface area contributed by atoms with Crippen molar-refractivity contribution < 1.29 is 24.5 Å². The van der Waals surface area contributed by atoms with Crippen LogP contribution < -0.4 is 5.32 Å². The van der Waals surface area contributed by atoms with Crippen molar-refractivity contribution in [1.29, 1.82) is 0 Å². The van der Waals surface area contributed by atoms with Gasteiger partial charge in [0.05, 0.1) is 25.4 Å². The minimum atomic E-state index is -0.661. The van der Waals surface area contributed by atoms with Gasteiger partial charge in [0, 0.05) is 12.8 Å². The summed E-state index contributed by atoms with van der Waals surface area (Å²) >= 11 is 0. The van der Waals surface area contributed by atoms with Gasteiger partial charge in [-0.2, -0.15) is 0 Å². The van der Waals surface area contributed by atoms with Crippen molar-refractivity contribution in [2.24, 2.45) is 0 Å². The third kappa shape index (κ3) is 63.1. The number of esters is 1. The highest BCUT2D eigenvalue weighted by Crippen LogP contribution is 2.18. The van der Waals surface area contributed by atoms with Gasteiger partial charge in [0.2, 0.25) is 5.91 Å². The number of carbonyl (C=O) groups excluding carboxylic acids is 2. The van der Waals surface area contributed by atoms with Gasteiger partial charge in [0.25, 0.3) is 0 Å². The number of hydrogen-bond donors (Lipinski definition) is 3. The van der Waals surface area contributed by atoms with Crippen molar-refractivity contribution in [1.82, 2.24) is 5.32 Å². The number of amides is 1. The minimum absolute atomic E-state index is 0.00483. The first-order chi connectivity index (χ1) is 38.0. The Labute approximate surface area is 481 Å². The minimum Gasteiger partial charge on any atom is -0.466 e. The SMILES string of the molecule is CCCCC/C=C\C/C=C\CCCCCCCC(=O)OCCCCCCCCCCCCCC/C=C\CCCCCCCCCCCCCCCCCCCC(=O)NC(CO)C(O)CCCCCCCCCCCCCC. The predicted molar refractivity (Wildman–Crippen MR) is 338 cm³/mol. The Hall–Kier alpha value is -1.92. The molecule has 454 valence electrons. The molecular weight excluding hydrogens is 947 g/mol. The monoisotopic (exact) mass is 1080 g/mol. The van der Waals surface area contributed by atoms with Crippen molar-refractivity contribution in [3.05, 3.63) is 36.5 Å². The predicted octanol–water partition coefficient (Wildman–Crippen LogP) is 22.3. The highest BCUT2D eigenvalue weighted by atomic mass is 16.5. The molecule has 0 saturated heterocycles. The fourth-order valence-electron chi connectivity index (χ4n) is 10.8. The van der Waals surface area contributed by atoms with Crippen LogP contribution in [0.2, 0.25) is 0 Å². The highest BCUT2D eigenvalue weighted by Gasteiger charge is 2.20. The Morgan fingerprint density at radius 3 is 1.03 bits per heavy atom. The van der Waals surface area contributed by atoms with E-state index in [1.165, 1.54) is 295 Å². The van der Waals surface area contributed by atoms with Gasteiger partial charge in [0.15, 0.2) is 0 Å². The van der Waals surface area contributed by atoms with Crippen LogP contribution in [0.3, 0.4) is 0 Å².